The zero-order chi connectivity index (χ0) is 8.27. The van der Waals surface area contributed by atoms with E-state index in [-0.39, 0.29) is 6.42 Å². The molecule has 0 saturated heterocycles. The van der Waals surface area contributed by atoms with E-state index in [0.717, 1.165) is 0 Å². The fraction of sp³-hybridized carbons (Fsp3) is 0.167. The van der Waals surface area contributed by atoms with Gasteiger partial charge < -0.3 is 5.73 Å². The maximum Gasteiger partial charge on any atom is 0.224 e. The fourth-order valence-corrected chi connectivity index (χ4v) is 1.36. The van der Waals surface area contributed by atoms with Crippen LogP contribution in [0.25, 0.3) is 0 Å². The molecular weight excluding hydrogens is 164 g/mol. The van der Waals surface area contributed by atoms with Gasteiger partial charge in [0.05, 0.1) is 6.42 Å². The Kier molecular flexibility index (Phi) is 2.32. The molecule has 4 nitrogen and oxygen atoms in total. The first kappa shape index (κ1) is 7.87. The number of carbonyl (C=O) groups is 2. The second kappa shape index (κ2) is 3.25. The van der Waals surface area contributed by atoms with Gasteiger partial charge in [0.15, 0.2) is 6.29 Å². The van der Waals surface area contributed by atoms with Crippen molar-refractivity contribution in [3.63, 3.8) is 0 Å². The summed E-state index contributed by atoms with van der Waals surface area (Å²) in [6.45, 7) is 0. The number of hydrogen-bond acceptors (Lipinski definition) is 4. The Hall–Kier alpha value is -1.23. The van der Waals surface area contributed by atoms with E-state index in [2.05, 4.69) is 4.98 Å². The molecule has 1 amide bonds. The van der Waals surface area contributed by atoms with Gasteiger partial charge in [-0.1, -0.05) is 0 Å². The highest BCUT2D eigenvalue weighted by molar-refractivity contribution is 7.09. The number of carbonyl (C=O) groups excluding carboxylic acids is 2. The van der Waals surface area contributed by atoms with E-state index in [0.29, 0.717) is 17.0 Å². The minimum absolute atomic E-state index is 0.110. The first-order valence-electron chi connectivity index (χ1n) is 2.90. The van der Waals surface area contributed by atoms with Gasteiger partial charge in [-0.2, -0.15) is 0 Å². The Morgan fingerprint density at radius 2 is 2.55 bits per heavy atom. The summed E-state index contributed by atoms with van der Waals surface area (Å²) >= 11 is 1.26. The summed E-state index contributed by atoms with van der Waals surface area (Å²) in [5.41, 5.74) is 5.27. The lowest BCUT2D eigenvalue weighted by Crippen LogP contribution is -2.13. The van der Waals surface area contributed by atoms with Crippen LogP contribution in [-0.2, 0) is 11.2 Å². The van der Waals surface area contributed by atoms with Gasteiger partial charge in [-0.15, -0.1) is 11.3 Å². The highest BCUT2D eigenvalue weighted by atomic mass is 32.1. The van der Waals surface area contributed by atoms with Crippen molar-refractivity contribution in [1.82, 2.24) is 4.98 Å². The molecule has 0 radical (unpaired) electrons. The lowest BCUT2D eigenvalue weighted by molar-refractivity contribution is -0.117. The minimum atomic E-state index is -0.434. The van der Waals surface area contributed by atoms with Gasteiger partial charge in [0.2, 0.25) is 5.91 Å². The summed E-state index contributed by atoms with van der Waals surface area (Å²) in [6.07, 6.45) is 0.750. The van der Waals surface area contributed by atoms with E-state index in [1.54, 1.807) is 5.38 Å². The molecule has 0 unspecified atom stereocenters. The number of nitrogens with two attached hydrogens (primary N) is 1. The second-order valence-corrected chi connectivity index (χ2v) is 2.87. The Morgan fingerprint density at radius 1 is 1.82 bits per heavy atom. The summed E-state index contributed by atoms with van der Waals surface area (Å²) in [5, 5.41) is 2.17. The third-order valence-corrected chi connectivity index (χ3v) is 1.88. The first-order valence-corrected chi connectivity index (χ1v) is 3.78. The Bertz CT molecular complexity index is 282. The number of thiazole rings is 1. The van der Waals surface area contributed by atoms with Crippen LogP contribution in [0.15, 0.2) is 5.38 Å². The molecule has 0 spiro atoms. The molecular formula is C6H6N2O2S. The van der Waals surface area contributed by atoms with Crippen molar-refractivity contribution in [3.8, 4) is 0 Å². The molecule has 0 saturated carbocycles. The molecule has 0 aliphatic carbocycles. The van der Waals surface area contributed by atoms with Crippen molar-refractivity contribution in [1.29, 1.82) is 0 Å². The van der Waals surface area contributed by atoms with E-state index in [9.17, 15) is 9.59 Å². The van der Waals surface area contributed by atoms with Crippen LogP contribution in [-0.4, -0.2) is 17.2 Å². The standard InChI is InChI=1S/C6H6N2O2S/c7-5(10)1-6-8-4(2-9)3-11-6/h2-3H,1H2,(H2,7,10). The molecule has 1 aromatic rings. The number of hydrogen-bond donors (Lipinski definition) is 1. The average molecular weight is 170 g/mol. The van der Waals surface area contributed by atoms with E-state index >= 15 is 0 Å². The molecule has 5 heteroatoms. The average Bonchev–Trinajstić information content (AvgIpc) is 2.34. The van der Waals surface area contributed by atoms with E-state index in [1.807, 2.05) is 0 Å². The van der Waals surface area contributed by atoms with Gasteiger partial charge in [0.25, 0.3) is 0 Å². The molecule has 0 atom stereocenters. The maximum atomic E-state index is 10.4. The van der Waals surface area contributed by atoms with Crippen molar-refractivity contribution in [2.24, 2.45) is 5.73 Å². The molecule has 11 heavy (non-hydrogen) atoms. The fourth-order valence-electron chi connectivity index (χ4n) is 0.609. The van der Waals surface area contributed by atoms with Crippen molar-refractivity contribution in [2.75, 3.05) is 0 Å². The van der Waals surface area contributed by atoms with Crippen molar-refractivity contribution < 1.29 is 9.59 Å². The summed E-state index contributed by atoms with van der Waals surface area (Å²) < 4.78 is 0. The summed E-state index contributed by atoms with van der Waals surface area (Å²) in [7, 11) is 0. The summed E-state index contributed by atoms with van der Waals surface area (Å²) in [6, 6.07) is 0. The first-order chi connectivity index (χ1) is 5.22. The number of aromatic nitrogens is 1. The second-order valence-electron chi connectivity index (χ2n) is 1.93. The third kappa shape index (κ3) is 2.12. The number of amides is 1. The van der Waals surface area contributed by atoms with Crippen molar-refractivity contribution in [3.05, 3.63) is 16.1 Å². The van der Waals surface area contributed by atoms with Crippen LogP contribution in [0, 0.1) is 0 Å². The SMILES string of the molecule is NC(=O)Cc1nc(C=O)cs1. The van der Waals surface area contributed by atoms with Crippen LogP contribution < -0.4 is 5.73 Å². The highest BCUT2D eigenvalue weighted by Gasteiger charge is 2.03. The lowest BCUT2D eigenvalue weighted by atomic mass is 10.4. The van der Waals surface area contributed by atoms with Crippen LogP contribution >= 0.6 is 11.3 Å². The molecule has 1 rings (SSSR count). The Balaban J connectivity index is 2.72. The van der Waals surface area contributed by atoms with E-state index in [4.69, 9.17) is 5.73 Å². The largest absolute Gasteiger partial charge is 0.369 e. The molecule has 0 aliphatic heterocycles. The number of rotatable bonds is 3. The van der Waals surface area contributed by atoms with Crippen LogP contribution in [0.5, 0.6) is 0 Å². The predicted octanol–water partition coefficient (Wildman–Crippen LogP) is -0.0166. The van der Waals surface area contributed by atoms with Crippen LogP contribution in [0.2, 0.25) is 0 Å². The number of aldehydes is 1. The molecule has 58 valence electrons. The van der Waals surface area contributed by atoms with Gasteiger partial charge in [0, 0.05) is 5.38 Å². The Morgan fingerprint density at radius 3 is 3.00 bits per heavy atom. The molecule has 0 bridgehead atoms. The Labute approximate surface area is 67.0 Å². The maximum absolute atomic E-state index is 10.4. The van der Waals surface area contributed by atoms with E-state index in [1.165, 1.54) is 11.3 Å². The number of nitrogens with zero attached hydrogens (tertiary/aromatic N) is 1. The zero-order valence-electron chi connectivity index (χ0n) is 5.61. The topological polar surface area (TPSA) is 73.1 Å². The van der Waals surface area contributed by atoms with Gasteiger partial charge in [-0.3, -0.25) is 9.59 Å². The smallest absolute Gasteiger partial charge is 0.224 e. The van der Waals surface area contributed by atoms with Gasteiger partial charge in [-0.25, -0.2) is 4.98 Å². The highest BCUT2D eigenvalue weighted by Crippen LogP contribution is 2.07. The lowest BCUT2D eigenvalue weighted by Gasteiger charge is -1.85. The minimum Gasteiger partial charge on any atom is -0.369 e. The molecule has 2 N–H and O–H groups in total. The third-order valence-electron chi connectivity index (χ3n) is 1.02. The van der Waals surface area contributed by atoms with E-state index < -0.39 is 5.91 Å². The van der Waals surface area contributed by atoms with Gasteiger partial charge >= 0.3 is 0 Å². The van der Waals surface area contributed by atoms with Gasteiger partial charge in [-0.05, 0) is 0 Å². The molecule has 0 fully saturated rings. The normalized spacial score (nSPS) is 9.45. The molecule has 1 aromatic heterocycles. The van der Waals surface area contributed by atoms with Crippen LogP contribution in [0.4, 0.5) is 0 Å². The molecule has 0 aromatic carbocycles. The van der Waals surface area contributed by atoms with Crippen LogP contribution in [0.1, 0.15) is 15.5 Å². The number of primary amides is 1. The summed E-state index contributed by atoms with van der Waals surface area (Å²) in [5.74, 6) is -0.434. The summed E-state index contributed by atoms with van der Waals surface area (Å²) in [4.78, 5) is 24.3. The van der Waals surface area contributed by atoms with Crippen LogP contribution in [0.3, 0.4) is 0 Å². The molecule has 0 aliphatic rings. The van der Waals surface area contributed by atoms with Crippen molar-refractivity contribution >= 4 is 23.5 Å². The van der Waals surface area contributed by atoms with Gasteiger partial charge in [0.1, 0.15) is 10.7 Å². The molecule has 1 heterocycles. The quantitative estimate of drug-likeness (QED) is 0.648. The zero-order valence-corrected chi connectivity index (χ0v) is 6.43. The van der Waals surface area contributed by atoms with Crippen molar-refractivity contribution in [2.45, 2.75) is 6.42 Å². The predicted molar refractivity (Wildman–Crippen MR) is 40.4 cm³/mol. The monoisotopic (exact) mass is 170 g/mol.